The van der Waals surface area contributed by atoms with Gasteiger partial charge < -0.3 is 15.4 Å². The van der Waals surface area contributed by atoms with E-state index >= 15 is 0 Å². The van der Waals surface area contributed by atoms with Crippen molar-refractivity contribution in [1.82, 2.24) is 10.6 Å². The largest absolute Gasteiger partial charge is 0.496 e. The van der Waals surface area contributed by atoms with Gasteiger partial charge in [0.25, 0.3) is 5.91 Å². The summed E-state index contributed by atoms with van der Waals surface area (Å²) in [7, 11) is 1.21. The van der Waals surface area contributed by atoms with Crippen LogP contribution in [0.2, 0.25) is 0 Å². The third-order valence-corrected chi connectivity index (χ3v) is 5.95. The molecule has 1 aliphatic rings. The second-order valence-corrected chi connectivity index (χ2v) is 7.90. The molecular weight excluding hydrogens is 420 g/mol. The number of ether oxygens (including phenoxy) is 1. The molecule has 30 heavy (non-hydrogen) atoms. The molecule has 0 unspecified atom stereocenters. The molecule has 1 fully saturated rings. The van der Waals surface area contributed by atoms with Gasteiger partial charge in [-0.1, -0.05) is 18.2 Å². The number of halogens is 4. The van der Waals surface area contributed by atoms with Crippen LogP contribution in [0.3, 0.4) is 0 Å². The number of methoxy groups -OCH3 is 1. The molecule has 2 N–H and O–H groups in total. The number of amides is 1. The predicted molar refractivity (Wildman–Crippen MR) is 107 cm³/mol. The van der Waals surface area contributed by atoms with Gasteiger partial charge in [0.1, 0.15) is 11.6 Å². The van der Waals surface area contributed by atoms with Gasteiger partial charge in [0.2, 0.25) is 0 Å². The van der Waals surface area contributed by atoms with Gasteiger partial charge in [-0.2, -0.15) is 13.2 Å². The lowest BCUT2D eigenvalue weighted by atomic mass is 9.82. The van der Waals surface area contributed by atoms with Gasteiger partial charge in [-0.25, -0.2) is 4.39 Å². The number of hydrogen-bond donors (Lipinski definition) is 2. The van der Waals surface area contributed by atoms with Crippen molar-refractivity contribution in [3.63, 3.8) is 0 Å². The first-order valence-electron chi connectivity index (χ1n) is 9.33. The van der Waals surface area contributed by atoms with Crippen molar-refractivity contribution in [2.45, 2.75) is 29.5 Å². The Kier molecular flexibility index (Phi) is 6.62. The number of alkyl halides is 3. The Morgan fingerprint density at radius 1 is 1.27 bits per heavy atom. The highest BCUT2D eigenvalue weighted by Gasteiger charge is 2.39. The van der Waals surface area contributed by atoms with Gasteiger partial charge in [0, 0.05) is 17.0 Å². The van der Waals surface area contributed by atoms with Crippen LogP contribution in [0, 0.1) is 5.82 Å². The fourth-order valence-corrected chi connectivity index (χ4v) is 4.38. The zero-order chi connectivity index (χ0) is 21.9. The third-order valence-electron chi connectivity index (χ3n) is 5.19. The summed E-state index contributed by atoms with van der Waals surface area (Å²) in [5.41, 5.74) is -1.59. The molecule has 9 heteroatoms. The molecule has 1 heterocycles. The summed E-state index contributed by atoms with van der Waals surface area (Å²) in [4.78, 5) is 13.4. The van der Waals surface area contributed by atoms with Crippen LogP contribution in [0.1, 0.15) is 34.3 Å². The van der Waals surface area contributed by atoms with Gasteiger partial charge in [0.05, 0.1) is 23.8 Å². The van der Waals surface area contributed by atoms with Gasteiger partial charge in [-0.3, -0.25) is 4.79 Å². The van der Waals surface area contributed by atoms with Crippen LogP contribution in [-0.4, -0.2) is 32.4 Å². The maximum Gasteiger partial charge on any atom is 0.416 e. The monoisotopic (exact) mass is 442 g/mol. The molecule has 0 radical (unpaired) electrons. The van der Waals surface area contributed by atoms with E-state index in [9.17, 15) is 22.4 Å². The number of piperidine rings is 1. The Balaban J connectivity index is 2.06. The zero-order valence-corrected chi connectivity index (χ0v) is 17.3. The average Bonchev–Trinajstić information content (AvgIpc) is 2.72. The van der Waals surface area contributed by atoms with Crippen LogP contribution in [-0.2, 0) is 11.7 Å². The van der Waals surface area contributed by atoms with Crippen LogP contribution in [0.25, 0.3) is 0 Å². The number of carbonyl (C=O) groups is 1. The standard InChI is InChI=1S/C21H22F4N2O2S/c1-29-16-10-13(21(23,24)25)11-17(30-2)18(16)19(28)27-20(8-5-9-26-12-20)14-6-3-4-7-15(14)22/h3-4,6-7,10-11,26H,5,8-9,12H2,1-2H3,(H,27,28)/t20-/m1/s1. The quantitative estimate of drug-likeness (QED) is 0.526. The Morgan fingerprint density at radius 3 is 2.57 bits per heavy atom. The van der Waals surface area contributed by atoms with Crippen LogP contribution < -0.4 is 15.4 Å². The number of hydrogen-bond acceptors (Lipinski definition) is 4. The van der Waals surface area contributed by atoms with E-state index in [2.05, 4.69) is 10.6 Å². The molecule has 0 aliphatic carbocycles. The van der Waals surface area contributed by atoms with Crippen molar-refractivity contribution in [2.75, 3.05) is 26.5 Å². The van der Waals surface area contributed by atoms with Crippen LogP contribution in [0.5, 0.6) is 5.75 Å². The Hall–Kier alpha value is -2.26. The van der Waals surface area contributed by atoms with Crippen LogP contribution in [0.4, 0.5) is 17.6 Å². The Labute approximate surface area is 176 Å². The SMILES string of the molecule is COc1cc(C(F)(F)F)cc(SC)c1C(=O)N[C@]1(c2ccccc2F)CCCNC1. The first-order chi connectivity index (χ1) is 14.2. The maximum absolute atomic E-state index is 14.6. The molecule has 1 atom stereocenters. The second-order valence-electron chi connectivity index (χ2n) is 7.05. The van der Waals surface area contributed by atoms with Crippen molar-refractivity contribution in [2.24, 2.45) is 0 Å². The van der Waals surface area contributed by atoms with E-state index < -0.39 is 29.0 Å². The van der Waals surface area contributed by atoms with Gasteiger partial charge in [-0.05, 0) is 43.8 Å². The lowest BCUT2D eigenvalue weighted by Crippen LogP contribution is -2.55. The fourth-order valence-electron chi connectivity index (χ4n) is 3.74. The minimum absolute atomic E-state index is 0.000659. The van der Waals surface area contributed by atoms with Gasteiger partial charge in [0.15, 0.2) is 0 Å². The molecule has 1 amide bonds. The smallest absolute Gasteiger partial charge is 0.416 e. The molecule has 1 aliphatic heterocycles. The zero-order valence-electron chi connectivity index (χ0n) is 16.5. The molecule has 0 aromatic heterocycles. The minimum Gasteiger partial charge on any atom is -0.496 e. The molecule has 3 rings (SSSR count). The normalized spacial score (nSPS) is 19.4. The number of thioether (sulfide) groups is 1. The van der Waals surface area contributed by atoms with E-state index in [0.717, 1.165) is 30.4 Å². The third kappa shape index (κ3) is 4.41. The predicted octanol–water partition coefficient (Wildman–Crippen LogP) is 4.58. The lowest BCUT2D eigenvalue weighted by molar-refractivity contribution is -0.137. The van der Waals surface area contributed by atoms with Crippen molar-refractivity contribution >= 4 is 17.7 Å². The maximum atomic E-state index is 14.6. The highest BCUT2D eigenvalue weighted by atomic mass is 32.2. The fraction of sp³-hybridized carbons (Fsp3) is 0.381. The summed E-state index contributed by atoms with van der Waals surface area (Å²) in [5.74, 6) is -1.25. The topological polar surface area (TPSA) is 50.4 Å². The van der Waals surface area contributed by atoms with E-state index in [-0.39, 0.29) is 16.2 Å². The summed E-state index contributed by atoms with van der Waals surface area (Å²) in [6.45, 7) is 1.03. The van der Waals surface area contributed by atoms with E-state index in [1.807, 2.05) is 0 Å². The van der Waals surface area contributed by atoms with Gasteiger partial charge >= 0.3 is 6.18 Å². The summed E-state index contributed by atoms with van der Waals surface area (Å²) in [5, 5.41) is 6.08. The van der Waals surface area contributed by atoms with E-state index in [1.54, 1.807) is 24.5 Å². The second kappa shape index (κ2) is 8.85. The van der Waals surface area contributed by atoms with Gasteiger partial charge in [-0.15, -0.1) is 11.8 Å². The summed E-state index contributed by atoms with van der Waals surface area (Å²) < 4.78 is 59.5. The Bertz CT molecular complexity index is 902. The first kappa shape index (κ1) is 22.4. The van der Waals surface area contributed by atoms with Crippen LogP contribution >= 0.6 is 11.8 Å². The average molecular weight is 442 g/mol. The van der Waals surface area contributed by atoms with Crippen molar-refractivity contribution in [1.29, 1.82) is 0 Å². The summed E-state index contributed by atoms with van der Waals surface area (Å²) in [6.07, 6.45) is -1.80. The van der Waals surface area contributed by atoms with Crippen LogP contribution in [0.15, 0.2) is 41.3 Å². The molecule has 2 aromatic carbocycles. The van der Waals surface area contributed by atoms with Crippen molar-refractivity contribution in [3.8, 4) is 5.75 Å². The molecule has 0 spiro atoms. The van der Waals surface area contributed by atoms with Crippen molar-refractivity contribution in [3.05, 3.63) is 58.9 Å². The highest BCUT2D eigenvalue weighted by Crippen LogP contribution is 2.39. The summed E-state index contributed by atoms with van der Waals surface area (Å²) in [6, 6.07) is 7.93. The molecule has 4 nitrogen and oxygen atoms in total. The molecular formula is C21H22F4N2O2S. The number of carbonyl (C=O) groups excluding carboxylic acids is 1. The van der Waals surface area contributed by atoms with E-state index in [4.69, 9.17) is 4.74 Å². The number of rotatable bonds is 5. The summed E-state index contributed by atoms with van der Waals surface area (Å²) >= 11 is 1.01. The number of benzene rings is 2. The molecule has 162 valence electrons. The first-order valence-corrected chi connectivity index (χ1v) is 10.6. The number of nitrogens with one attached hydrogen (secondary N) is 2. The molecule has 0 saturated carbocycles. The Morgan fingerprint density at radius 2 is 2.00 bits per heavy atom. The lowest BCUT2D eigenvalue weighted by Gasteiger charge is -2.39. The van der Waals surface area contributed by atoms with E-state index in [0.29, 0.717) is 24.9 Å². The molecule has 2 aromatic rings. The van der Waals surface area contributed by atoms with E-state index in [1.165, 1.54) is 13.2 Å². The minimum atomic E-state index is -4.57. The van der Waals surface area contributed by atoms with Crippen molar-refractivity contribution < 1.29 is 27.1 Å². The molecule has 1 saturated heterocycles. The molecule has 0 bridgehead atoms. The highest BCUT2D eigenvalue weighted by molar-refractivity contribution is 7.98.